The smallest absolute Gasteiger partial charge is 0.246 e. The van der Waals surface area contributed by atoms with Crippen LogP contribution < -0.4 is 19.6 Å². The summed E-state index contributed by atoms with van der Waals surface area (Å²) in [6, 6.07) is 34.6. The fraction of sp³-hybridized carbons (Fsp3) is 0.229. The highest BCUT2D eigenvalue weighted by Gasteiger charge is 2.55. The van der Waals surface area contributed by atoms with E-state index in [9.17, 15) is 36.7 Å². The summed E-state index contributed by atoms with van der Waals surface area (Å²) in [6.07, 6.45) is 22.0. The molecular weight excluding hydrogens is 1890 g/mol. The Kier molecular flexibility index (Phi) is 23.9. The van der Waals surface area contributed by atoms with Crippen molar-refractivity contribution < 1.29 is 54.3 Å². The highest BCUT2D eigenvalue weighted by atomic mass is 35.5. The van der Waals surface area contributed by atoms with Crippen molar-refractivity contribution in [3.63, 3.8) is 0 Å². The third-order valence-corrected chi connectivity index (χ3v) is 29.9. The molecule has 5 atom stereocenters. The van der Waals surface area contributed by atoms with Gasteiger partial charge in [-0.1, -0.05) is 170 Å². The third kappa shape index (κ3) is 15.4. The summed E-state index contributed by atoms with van der Waals surface area (Å²) in [5.41, 5.74) is 2.71. The maximum atomic E-state index is 16.0. The molecule has 1 saturated carbocycles. The lowest BCUT2D eigenvalue weighted by atomic mass is 9.95. The van der Waals surface area contributed by atoms with Gasteiger partial charge in [-0.25, -0.2) is 65.0 Å². The van der Waals surface area contributed by atoms with Gasteiger partial charge in [-0.3, -0.25) is 44.1 Å². The van der Waals surface area contributed by atoms with Gasteiger partial charge in [-0.05, 0) is 128 Å². The molecule has 7 saturated heterocycles. The number of pyridine rings is 5. The van der Waals surface area contributed by atoms with Crippen LogP contribution in [0.1, 0.15) is 50.8 Å². The van der Waals surface area contributed by atoms with Gasteiger partial charge in [0.25, 0.3) is 0 Å². The molecule has 8 aliphatic rings. The van der Waals surface area contributed by atoms with Crippen molar-refractivity contribution in [1.29, 1.82) is 0 Å². The molecule has 2 spiro atoms. The largest absolute Gasteiger partial charge is 0.367 e. The lowest BCUT2D eigenvalue weighted by Crippen LogP contribution is -2.63. The Morgan fingerprint density at radius 1 is 0.371 bits per heavy atom. The van der Waals surface area contributed by atoms with E-state index in [0.717, 1.165) is 50.6 Å². The first-order valence-corrected chi connectivity index (χ1v) is 46.9. The van der Waals surface area contributed by atoms with E-state index < -0.39 is 46.5 Å². The number of hydrogen-bond acceptors (Lipinski definition) is 19. The first kappa shape index (κ1) is 91.9. The predicted octanol–water partition coefficient (Wildman–Crippen LogP) is 21.1. The second kappa shape index (κ2) is 36.4. The molecule has 16 aromatic rings. The molecule has 1 unspecified atom stereocenters. The second-order valence-electron chi connectivity index (χ2n) is 35.8. The second-order valence-corrected chi connectivity index (χ2v) is 37.3. The lowest BCUT2D eigenvalue weighted by molar-refractivity contribution is -0.134. The first-order chi connectivity index (χ1) is 67.7. The Labute approximate surface area is 814 Å². The van der Waals surface area contributed by atoms with Gasteiger partial charge in [0, 0.05) is 151 Å². The van der Waals surface area contributed by atoms with Crippen molar-refractivity contribution in [2.75, 3.05) is 85.0 Å². The number of nitrogens with zero attached hydrogens (tertiary/aromatic N) is 19. The van der Waals surface area contributed by atoms with Crippen LogP contribution in [0.4, 0.5) is 58.3 Å². The van der Waals surface area contributed by atoms with Gasteiger partial charge in [0.05, 0.1) is 71.5 Å². The molecule has 23 nitrogen and oxygen atoms in total. The molecule has 8 aromatic carbocycles. The molecule has 8 fully saturated rings. The number of aryl methyl sites for hydroxylation is 1. The zero-order chi connectivity index (χ0) is 97.3. The summed E-state index contributed by atoms with van der Waals surface area (Å²) in [7, 11) is 0. The van der Waals surface area contributed by atoms with Crippen molar-refractivity contribution in [2.45, 2.75) is 87.1 Å². The Balaban J connectivity index is 0.000000111. The lowest BCUT2D eigenvalue weighted by Gasteiger charge is -2.46. The number of fused-ring (bicyclic) bond motifs is 10. The summed E-state index contributed by atoms with van der Waals surface area (Å²) in [5.74, 6) is -2.86. The van der Waals surface area contributed by atoms with Gasteiger partial charge in [0.2, 0.25) is 23.6 Å². The van der Waals surface area contributed by atoms with E-state index in [1.807, 2.05) is 15.9 Å². The van der Waals surface area contributed by atoms with Gasteiger partial charge in [-0.2, -0.15) is 0 Å². The van der Waals surface area contributed by atoms with Gasteiger partial charge in [-0.15, -0.1) is 0 Å². The van der Waals surface area contributed by atoms with Gasteiger partial charge >= 0.3 is 0 Å². The van der Waals surface area contributed by atoms with Crippen LogP contribution in [-0.4, -0.2) is 199 Å². The standard InChI is InChI=1S/C27H22ClF2N5O.C27H21ClF2N4O.C26H20ClF2N5O.C25H18ClF2N5O/c1-2-20(36)35-11-4-9-27(35)10-12-34(14-27)26-18-13-31-24(23(30)25(18)32-15-33-26)17-6-3-5-16-7-8-19(29)22(28)21(16)17;1-2-21(35)34-13-12-33(15-27(34)9-10-27)20-8-11-31-26-18(20)14-32-25(24(26)30)17-5-3-4-16-6-7-19(29)23(28)22(16)17;1-3-20(35)34-12-19-18(34)9-10-33(19)26-16-11-30-24(23(29)25(16)31-13(2)32-26)15-6-4-5-14-7-8-17(28)22(27)21(14)15;1-2-19(34)33-11-18-17(33)8-9-32(18)25-15-10-29-23(22(28)24(15)30-12-31-25)14-5-3-4-13-6-7-16(27)21(26)20(13)14/h2-3,5-8,13,15H,1,4,9-12,14H2;2-8,11,14H,1,9-10,12-13,15H2;3-8,11,18-19H,1,9-10,12H2,2H3;2-7,10,12,17-18H,1,8-9,11H2/t;;18-,19-;17-,18-/m..10/s1. The topological polar surface area (TPSA) is 236 Å². The van der Waals surface area contributed by atoms with Crippen molar-refractivity contribution >= 4 is 180 Å². The molecule has 0 bridgehead atoms. The summed E-state index contributed by atoms with van der Waals surface area (Å²) < 4.78 is 121. The molecule has 0 N–H and O–H groups in total. The quantitative estimate of drug-likeness (QED) is 0.0816. The predicted molar refractivity (Wildman–Crippen MR) is 527 cm³/mol. The number of halogens is 12. The van der Waals surface area contributed by atoms with E-state index in [1.165, 1.54) is 61.2 Å². The molecule has 15 heterocycles. The number of carbonyl (C=O) groups excluding carboxylic acids is 4. The zero-order valence-corrected chi connectivity index (χ0v) is 77.8. The molecule has 1 aliphatic carbocycles. The SMILES string of the molecule is C=CC(=O)N1CCCC12CCN(c1ncnc3c(F)c(-c4cccc5ccc(F)c(Cl)c45)ncc13)C2.C=CC(=O)N1CCN(c2ccnc3c(F)c(-c4cccc5ccc(F)c(Cl)c45)ncc23)CC12CC2.C=CC(=O)N1C[C@@H]2[C@H]1CCN2c1nc(C)nc2c(F)c(-c3cccc4ccc(F)c(Cl)c34)ncc12.C=CC(=O)N1C[C@H]2[C@@H]1CCN2c1ncnc2c(F)c(-c3cccc4ccc(F)c(Cl)c34)ncc12. The number of hydrogen-bond donors (Lipinski definition) is 0. The molecule has 140 heavy (non-hydrogen) atoms. The van der Waals surface area contributed by atoms with Crippen LogP contribution in [0.3, 0.4) is 0 Å². The van der Waals surface area contributed by atoms with Crippen LogP contribution >= 0.6 is 46.4 Å². The van der Waals surface area contributed by atoms with Crippen LogP contribution in [0.15, 0.2) is 222 Å². The average Bonchev–Trinajstić information content (AvgIpc) is 1.55. The van der Waals surface area contributed by atoms with E-state index in [0.29, 0.717) is 176 Å². The third-order valence-electron chi connectivity index (χ3n) is 28.4. The molecule has 8 aromatic heterocycles. The summed E-state index contributed by atoms with van der Waals surface area (Å²) in [5, 5.41) is 6.08. The number of benzene rings is 8. The molecule has 24 rings (SSSR count). The van der Waals surface area contributed by atoms with Crippen LogP contribution in [0, 0.1) is 53.5 Å². The zero-order valence-electron chi connectivity index (χ0n) is 74.8. The highest BCUT2D eigenvalue weighted by Crippen LogP contribution is 2.50. The number of rotatable bonds is 12. The van der Waals surface area contributed by atoms with Crippen LogP contribution in [0.5, 0.6) is 0 Å². The number of likely N-dealkylation sites (tertiary alicyclic amines) is 3. The highest BCUT2D eigenvalue weighted by molar-refractivity contribution is 6.39. The molecule has 7 aliphatic heterocycles. The van der Waals surface area contributed by atoms with E-state index in [1.54, 1.807) is 145 Å². The van der Waals surface area contributed by atoms with E-state index in [-0.39, 0.29) is 124 Å². The molecule has 0 radical (unpaired) electrons. The Morgan fingerprint density at radius 2 is 0.757 bits per heavy atom. The normalized spacial score (nSPS) is 18.8. The molecule has 704 valence electrons. The maximum Gasteiger partial charge on any atom is 0.246 e. The summed E-state index contributed by atoms with van der Waals surface area (Å²) in [4.78, 5) is 113. The van der Waals surface area contributed by atoms with Gasteiger partial charge in [0.1, 0.15) is 104 Å². The van der Waals surface area contributed by atoms with Crippen molar-refractivity contribution in [1.82, 2.24) is 74.4 Å². The Bertz CT molecular complexity index is 8010. The number of anilines is 4. The van der Waals surface area contributed by atoms with E-state index in [4.69, 9.17) is 46.4 Å². The van der Waals surface area contributed by atoms with Crippen molar-refractivity contribution in [3.05, 3.63) is 294 Å². The molecule has 35 heteroatoms. The monoisotopic (exact) mass is 1960 g/mol. The summed E-state index contributed by atoms with van der Waals surface area (Å²) in [6.45, 7) is 22.4. The Hall–Kier alpha value is -14.5. The van der Waals surface area contributed by atoms with Crippen LogP contribution in [-0.2, 0) is 19.2 Å². The number of aromatic nitrogens is 11. The van der Waals surface area contributed by atoms with Crippen LogP contribution in [0.2, 0.25) is 20.1 Å². The number of piperazine rings is 1. The van der Waals surface area contributed by atoms with Gasteiger partial charge in [0.15, 0.2) is 23.3 Å². The molecule has 4 amide bonds. The van der Waals surface area contributed by atoms with Crippen LogP contribution in [0.25, 0.3) is 132 Å². The fourth-order valence-electron chi connectivity index (χ4n) is 21.5. The number of amides is 4. The number of carbonyl (C=O) groups is 4. The van der Waals surface area contributed by atoms with Crippen molar-refractivity contribution in [3.8, 4) is 45.0 Å². The van der Waals surface area contributed by atoms with Crippen molar-refractivity contribution in [2.24, 2.45) is 0 Å². The average molecular weight is 1970 g/mol. The minimum absolute atomic E-state index is 0.0425. The minimum atomic E-state index is -0.623. The maximum absolute atomic E-state index is 16.0. The fourth-order valence-corrected chi connectivity index (χ4v) is 22.6. The van der Waals surface area contributed by atoms with E-state index in [2.05, 4.69) is 101 Å². The van der Waals surface area contributed by atoms with Gasteiger partial charge < -0.3 is 39.2 Å². The Morgan fingerprint density at radius 3 is 1.20 bits per heavy atom. The van der Waals surface area contributed by atoms with E-state index >= 15 is 17.6 Å². The summed E-state index contributed by atoms with van der Waals surface area (Å²) >= 11 is 25.1. The first-order valence-electron chi connectivity index (χ1n) is 45.4. The molecular formula is C105H81Cl4F8N19O4. The minimum Gasteiger partial charge on any atom is -0.367 e.